The van der Waals surface area contributed by atoms with Crippen LogP contribution in [0, 0.1) is 0 Å². The summed E-state index contributed by atoms with van der Waals surface area (Å²) < 4.78 is 78.4. The van der Waals surface area contributed by atoms with Crippen LogP contribution in [-0.2, 0) is 34.8 Å². The summed E-state index contributed by atoms with van der Waals surface area (Å²) in [7, 11) is 0. The van der Waals surface area contributed by atoms with Gasteiger partial charge >= 0.3 is 12.4 Å². The molecule has 0 aliphatic heterocycles. The third kappa shape index (κ3) is 6.15. The normalized spacial score (nSPS) is 13.2. The Hall–Kier alpha value is -3.30. The number of rotatable bonds is 7. The Balaban J connectivity index is 1.81. The van der Waals surface area contributed by atoms with Crippen molar-refractivity contribution in [3.63, 3.8) is 0 Å². The molecular weight excluding hydrogens is 450 g/mol. The van der Waals surface area contributed by atoms with Crippen molar-refractivity contribution in [2.45, 2.75) is 44.6 Å². The number of carbonyl (C=O) groups is 2. The van der Waals surface area contributed by atoms with Gasteiger partial charge in [0.15, 0.2) is 5.78 Å². The maximum absolute atomic E-state index is 13.1. The standard InChI is InChI=1S/C23H20F6N2O2/c1-13(32)31-20(10-15-12-30-19-5-3-2-4-18(15)19)21(33)7-6-14-8-16(22(24,25)26)11-17(9-14)23(27,28)29/h2-5,8-9,11-12,20,30H,6-7,10H2,1H3,(H,31,32). The molecule has 3 rings (SSSR count). The summed E-state index contributed by atoms with van der Waals surface area (Å²) in [6.45, 7) is 1.22. The summed E-state index contributed by atoms with van der Waals surface area (Å²) >= 11 is 0. The van der Waals surface area contributed by atoms with E-state index in [1.165, 1.54) is 6.92 Å². The summed E-state index contributed by atoms with van der Waals surface area (Å²) in [4.78, 5) is 27.5. The molecule has 1 atom stereocenters. The predicted octanol–water partition coefficient (Wildman–Crippen LogP) is 5.45. The monoisotopic (exact) mass is 470 g/mol. The zero-order valence-corrected chi connectivity index (χ0v) is 17.4. The van der Waals surface area contributed by atoms with Crippen molar-refractivity contribution in [3.05, 3.63) is 70.9 Å². The first kappa shape index (κ1) is 24.3. The van der Waals surface area contributed by atoms with Crippen molar-refractivity contribution in [2.75, 3.05) is 0 Å². The molecule has 1 unspecified atom stereocenters. The number of hydrogen-bond acceptors (Lipinski definition) is 2. The highest BCUT2D eigenvalue weighted by Crippen LogP contribution is 2.36. The van der Waals surface area contributed by atoms with E-state index in [4.69, 9.17) is 0 Å². The fourth-order valence-electron chi connectivity index (χ4n) is 3.62. The van der Waals surface area contributed by atoms with Gasteiger partial charge in [-0.2, -0.15) is 26.3 Å². The minimum Gasteiger partial charge on any atom is -0.361 e. The van der Waals surface area contributed by atoms with Gasteiger partial charge in [0.2, 0.25) is 5.91 Å². The van der Waals surface area contributed by atoms with Gasteiger partial charge < -0.3 is 10.3 Å². The van der Waals surface area contributed by atoms with Crippen LogP contribution >= 0.6 is 0 Å². The first-order chi connectivity index (χ1) is 15.3. The Labute approximate surface area is 185 Å². The van der Waals surface area contributed by atoms with Gasteiger partial charge in [-0.3, -0.25) is 9.59 Å². The zero-order valence-electron chi connectivity index (χ0n) is 17.4. The number of nitrogens with one attached hydrogen (secondary N) is 2. The highest BCUT2D eigenvalue weighted by Gasteiger charge is 2.37. The number of Topliss-reactive ketones (excluding diaryl/α,β-unsaturated/α-hetero) is 1. The predicted molar refractivity (Wildman–Crippen MR) is 109 cm³/mol. The van der Waals surface area contributed by atoms with E-state index in [2.05, 4.69) is 10.3 Å². The Morgan fingerprint density at radius 1 is 0.970 bits per heavy atom. The fourth-order valence-corrected chi connectivity index (χ4v) is 3.62. The van der Waals surface area contributed by atoms with Gasteiger partial charge in [0.25, 0.3) is 0 Å². The molecule has 1 heterocycles. The van der Waals surface area contributed by atoms with Crippen LogP contribution in [0.15, 0.2) is 48.7 Å². The van der Waals surface area contributed by atoms with Crippen molar-refractivity contribution in [1.82, 2.24) is 10.3 Å². The SMILES string of the molecule is CC(=O)NC(Cc1c[nH]c2ccccc12)C(=O)CCc1cc(C(F)(F)F)cc(C(F)(F)F)c1. The molecule has 0 aliphatic carbocycles. The lowest BCUT2D eigenvalue weighted by atomic mass is 9.96. The van der Waals surface area contributed by atoms with Gasteiger partial charge in [-0.15, -0.1) is 0 Å². The van der Waals surface area contributed by atoms with E-state index < -0.39 is 41.2 Å². The topological polar surface area (TPSA) is 62.0 Å². The molecule has 0 radical (unpaired) electrons. The number of benzene rings is 2. The summed E-state index contributed by atoms with van der Waals surface area (Å²) in [6, 6.07) is 7.57. The minimum absolute atomic E-state index is 0.0441. The van der Waals surface area contributed by atoms with Crippen LogP contribution in [-0.4, -0.2) is 22.7 Å². The molecule has 3 aromatic rings. The molecular formula is C23H20F6N2O2. The summed E-state index contributed by atoms with van der Waals surface area (Å²) in [5.74, 6) is -0.979. The highest BCUT2D eigenvalue weighted by molar-refractivity contribution is 5.90. The van der Waals surface area contributed by atoms with E-state index in [1.807, 2.05) is 18.2 Å². The number of hydrogen-bond donors (Lipinski definition) is 2. The van der Waals surface area contributed by atoms with E-state index in [0.29, 0.717) is 12.1 Å². The third-order valence-corrected chi connectivity index (χ3v) is 5.17. The molecule has 0 fully saturated rings. The molecule has 1 aromatic heterocycles. The zero-order chi connectivity index (χ0) is 24.4. The van der Waals surface area contributed by atoms with Gasteiger partial charge in [0, 0.05) is 36.9 Å². The number of amides is 1. The first-order valence-electron chi connectivity index (χ1n) is 9.98. The number of ketones is 1. The number of aryl methyl sites for hydroxylation is 1. The molecule has 0 bridgehead atoms. The Morgan fingerprint density at radius 2 is 1.58 bits per heavy atom. The van der Waals surface area contributed by atoms with Crippen molar-refractivity contribution in [1.29, 1.82) is 0 Å². The average Bonchev–Trinajstić information content (AvgIpc) is 3.12. The summed E-state index contributed by atoms with van der Waals surface area (Å²) in [6.07, 6.45) is -8.79. The van der Waals surface area contributed by atoms with Crippen molar-refractivity contribution >= 4 is 22.6 Å². The van der Waals surface area contributed by atoms with Crippen LogP contribution in [0.1, 0.15) is 35.6 Å². The minimum atomic E-state index is -4.96. The molecule has 0 spiro atoms. The van der Waals surface area contributed by atoms with Crippen molar-refractivity contribution < 1.29 is 35.9 Å². The lowest BCUT2D eigenvalue weighted by Gasteiger charge is -2.17. The number of aromatic amines is 1. The van der Waals surface area contributed by atoms with Crippen LogP contribution in [0.5, 0.6) is 0 Å². The van der Waals surface area contributed by atoms with E-state index in [-0.39, 0.29) is 30.9 Å². The van der Waals surface area contributed by atoms with Crippen LogP contribution in [0.2, 0.25) is 0 Å². The van der Waals surface area contributed by atoms with Gasteiger partial charge in [-0.1, -0.05) is 18.2 Å². The Morgan fingerprint density at radius 3 is 2.15 bits per heavy atom. The number of halogens is 6. The average molecular weight is 470 g/mol. The number of H-pyrrole nitrogens is 1. The van der Waals surface area contributed by atoms with Crippen LogP contribution in [0.25, 0.3) is 10.9 Å². The maximum atomic E-state index is 13.1. The van der Waals surface area contributed by atoms with Crippen LogP contribution < -0.4 is 5.32 Å². The first-order valence-corrected chi connectivity index (χ1v) is 9.98. The van der Waals surface area contributed by atoms with Crippen LogP contribution in [0.3, 0.4) is 0 Å². The number of fused-ring (bicyclic) bond motifs is 1. The molecule has 2 aromatic carbocycles. The number of alkyl halides is 6. The van der Waals surface area contributed by atoms with Crippen molar-refractivity contribution in [2.24, 2.45) is 0 Å². The second kappa shape index (κ2) is 9.29. The summed E-state index contributed by atoms with van der Waals surface area (Å²) in [5, 5.41) is 3.37. The second-order valence-electron chi connectivity index (χ2n) is 7.70. The number of aromatic nitrogens is 1. The van der Waals surface area contributed by atoms with E-state index in [9.17, 15) is 35.9 Å². The largest absolute Gasteiger partial charge is 0.416 e. The molecule has 1 amide bonds. The second-order valence-corrected chi connectivity index (χ2v) is 7.70. The van der Waals surface area contributed by atoms with Gasteiger partial charge in [0.05, 0.1) is 17.2 Å². The molecule has 0 aliphatic rings. The lowest BCUT2D eigenvalue weighted by molar-refractivity contribution is -0.143. The molecule has 0 saturated heterocycles. The highest BCUT2D eigenvalue weighted by atomic mass is 19.4. The fraction of sp³-hybridized carbons (Fsp3) is 0.304. The number of carbonyl (C=O) groups excluding carboxylic acids is 2. The quantitative estimate of drug-likeness (QED) is 0.451. The Bertz CT molecular complexity index is 1130. The molecule has 33 heavy (non-hydrogen) atoms. The lowest BCUT2D eigenvalue weighted by Crippen LogP contribution is -2.41. The molecule has 176 valence electrons. The molecule has 4 nitrogen and oxygen atoms in total. The van der Waals surface area contributed by atoms with E-state index >= 15 is 0 Å². The van der Waals surface area contributed by atoms with E-state index in [0.717, 1.165) is 16.5 Å². The smallest absolute Gasteiger partial charge is 0.361 e. The van der Waals surface area contributed by atoms with Gasteiger partial charge in [-0.25, -0.2) is 0 Å². The Kier molecular flexibility index (Phi) is 6.85. The van der Waals surface area contributed by atoms with Crippen LogP contribution in [0.4, 0.5) is 26.3 Å². The number of para-hydroxylation sites is 1. The molecule has 10 heteroatoms. The summed E-state index contributed by atoms with van der Waals surface area (Å²) in [5.41, 5.74) is -1.56. The van der Waals surface area contributed by atoms with Gasteiger partial charge in [0.1, 0.15) is 0 Å². The maximum Gasteiger partial charge on any atom is 0.416 e. The molecule has 2 N–H and O–H groups in total. The third-order valence-electron chi connectivity index (χ3n) is 5.17. The molecule has 0 saturated carbocycles. The van der Waals surface area contributed by atoms with Gasteiger partial charge in [-0.05, 0) is 41.8 Å². The van der Waals surface area contributed by atoms with Crippen molar-refractivity contribution in [3.8, 4) is 0 Å². The van der Waals surface area contributed by atoms with E-state index in [1.54, 1.807) is 12.3 Å².